The number of nitrogens with zero attached hydrogens (tertiary/aromatic N) is 11. The van der Waals surface area contributed by atoms with Crippen LogP contribution in [0, 0.1) is 5.95 Å². The van der Waals surface area contributed by atoms with Gasteiger partial charge in [0.2, 0.25) is 17.5 Å². The number of carbonyl (C=O) groups excluding carboxylic acids is 5. The number of cyclic esters (lactones) is 2. The van der Waals surface area contributed by atoms with E-state index in [9.17, 15) is 64.9 Å². The Morgan fingerprint density at radius 1 is 0.476 bits per heavy atom. The van der Waals surface area contributed by atoms with E-state index in [0.29, 0.717) is 162 Å². The van der Waals surface area contributed by atoms with E-state index < -0.39 is 78.4 Å². The zero-order valence-corrected chi connectivity index (χ0v) is 71.8. The molecular formula is C89H101Cl2F7N12O16. The molecule has 6 fully saturated rings. The number of hydrogen-bond donors (Lipinski definition) is 4. The van der Waals surface area contributed by atoms with Crippen molar-refractivity contribution in [3.05, 3.63) is 221 Å². The fraction of sp³-hybridized carbons (Fsp3) is 0.404. The standard InChI is InChI=1S/C20H21FN2O4.C17H17FN2O3.C11H13FN2O2.C10H12ClFN2.C10H13FN2O.C10H10O4.C7H6FNO2.C4H8FN.ClH/c1-20(2)26-16-7-3-6-15(17(16)19(24)27-20)25-12-13-5-4-9-22-18(13)23-10-8-14(21)11-23;18-13-6-8-20(9-13)17-12(3-2-7-19-17)11-23-16-5-1-4-15(22)14(16)10-21;1-16-11(15)9-3-2-5-13-10(9)14-6-4-8(12)7-14;11-6-8-2-1-4-13-10(8)14-5-3-9(12)7-14;11-9-3-5-13(6-9)10-8(7-14)2-1-4-12-10;1-10(2)13-7-5-3-4-6(11)8(7)9(12)14-10;1-11-7(10)5-3-2-4-9-6(5)8;5-4-1-2-6-3-4;/h3-7,9,14H,8,10-12H2,1-2H3;1-5,7,10,13,22H,6,8-9,11H2;2-3,5,8H,4,6-7H2,1H3;1-2,4,9H,3,5-7H2;1-2,4,9,14H,3,5-7H2;3-5,11H,1-2H3;2-4H,1H3;4,6H,1-3H2;1H/t14-;13-;8-;2*9-;;;4-;/m00000..0./s1. The van der Waals surface area contributed by atoms with Gasteiger partial charge in [0, 0.05) is 126 Å². The van der Waals surface area contributed by atoms with E-state index in [2.05, 4.69) is 44.7 Å². The van der Waals surface area contributed by atoms with Crippen molar-refractivity contribution in [2.75, 3.05) is 117 Å². The van der Waals surface area contributed by atoms with E-state index >= 15 is 0 Å². The van der Waals surface area contributed by atoms with E-state index in [1.807, 2.05) is 56.0 Å². The molecule has 0 saturated carbocycles. The van der Waals surface area contributed by atoms with E-state index in [1.165, 1.54) is 44.7 Å². The zero-order valence-electron chi connectivity index (χ0n) is 70.2. The van der Waals surface area contributed by atoms with Gasteiger partial charge in [-0.05, 0) is 130 Å². The van der Waals surface area contributed by atoms with Crippen LogP contribution in [0.2, 0.25) is 0 Å². The summed E-state index contributed by atoms with van der Waals surface area (Å²) in [5, 5.41) is 31.1. The van der Waals surface area contributed by atoms with Crippen molar-refractivity contribution in [3.63, 3.8) is 0 Å². The minimum atomic E-state index is -1.02. The molecule has 0 aliphatic carbocycles. The fourth-order valence-corrected chi connectivity index (χ4v) is 14.2. The van der Waals surface area contributed by atoms with E-state index in [-0.39, 0.29) is 66.0 Å². The second kappa shape index (κ2) is 47.3. The Morgan fingerprint density at radius 2 is 0.849 bits per heavy atom. The highest BCUT2D eigenvalue weighted by molar-refractivity contribution is 6.17. The fourth-order valence-electron chi connectivity index (χ4n) is 14.0. The van der Waals surface area contributed by atoms with Gasteiger partial charge in [0.05, 0.1) is 65.0 Å². The number of benzene rings is 3. The molecule has 0 unspecified atom stereocenters. The predicted molar refractivity (Wildman–Crippen MR) is 459 cm³/mol. The number of pyridine rings is 6. The van der Waals surface area contributed by atoms with Crippen LogP contribution in [0.4, 0.5) is 59.8 Å². The summed E-state index contributed by atoms with van der Waals surface area (Å²) in [6.45, 7) is 13.4. The number of anilines is 5. The van der Waals surface area contributed by atoms with Crippen LogP contribution in [-0.2, 0) is 44.6 Å². The number of alkyl halides is 7. The van der Waals surface area contributed by atoms with Crippen molar-refractivity contribution in [2.24, 2.45) is 0 Å². The summed E-state index contributed by atoms with van der Waals surface area (Å²) >= 11 is 5.79. The van der Waals surface area contributed by atoms with Crippen LogP contribution in [0.3, 0.4) is 0 Å². The number of ether oxygens (including phenoxy) is 8. The van der Waals surface area contributed by atoms with Gasteiger partial charge in [-0.2, -0.15) is 4.39 Å². The second-order valence-electron chi connectivity index (χ2n) is 30.1. The van der Waals surface area contributed by atoms with Crippen molar-refractivity contribution in [2.45, 2.75) is 141 Å². The van der Waals surface area contributed by atoms with Crippen LogP contribution < -0.4 is 48.8 Å². The Morgan fingerprint density at radius 3 is 1.27 bits per heavy atom. The molecule has 14 heterocycles. The first-order valence-corrected chi connectivity index (χ1v) is 40.9. The molecule has 6 aromatic heterocycles. The van der Waals surface area contributed by atoms with E-state index in [0.717, 1.165) is 47.0 Å². The first-order chi connectivity index (χ1) is 60.1. The average molecular weight is 1800 g/mol. The summed E-state index contributed by atoms with van der Waals surface area (Å²) in [4.78, 5) is 91.1. The second-order valence-corrected chi connectivity index (χ2v) is 30.4. The number of aromatic hydroxyl groups is 2. The molecule has 3 aromatic carbocycles. The maximum absolute atomic E-state index is 13.6. The molecule has 0 spiro atoms. The minimum absolute atomic E-state index is 0. The molecule has 0 amide bonds. The Balaban J connectivity index is 0.000000167. The van der Waals surface area contributed by atoms with Crippen molar-refractivity contribution >= 4 is 83.3 Å². The summed E-state index contributed by atoms with van der Waals surface area (Å²) in [5.74, 6) is 0.130. The van der Waals surface area contributed by atoms with Gasteiger partial charge in [0.15, 0.2) is 6.29 Å². The highest BCUT2D eigenvalue weighted by Gasteiger charge is 2.38. The Kier molecular flexibility index (Phi) is 36.7. The molecule has 0 bridgehead atoms. The van der Waals surface area contributed by atoms with Crippen LogP contribution in [0.15, 0.2) is 165 Å². The number of nitrogens with one attached hydrogen (secondary N) is 1. The zero-order chi connectivity index (χ0) is 89.7. The van der Waals surface area contributed by atoms with Crippen LogP contribution >= 0.6 is 24.0 Å². The summed E-state index contributed by atoms with van der Waals surface area (Å²) in [6.07, 6.45) is 8.93. The number of fused-ring (bicyclic) bond motifs is 2. The summed E-state index contributed by atoms with van der Waals surface area (Å²) in [6, 6.07) is 35.3. The minimum Gasteiger partial charge on any atom is -0.507 e. The molecule has 126 heavy (non-hydrogen) atoms. The number of aldehydes is 1. The third kappa shape index (κ3) is 27.5. The van der Waals surface area contributed by atoms with Crippen LogP contribution in [0.25, 0.3) is 0 Å². The first-order valence-electron chi connectivity index (χ1n) is 40.4. The lowest BCUT2D eigenvalue weighted by Gasteiger charge is -2.32. The quantitative estimate of drug-likeness (QED) is 0.0174. The van der Waals surface area contributed by atoms with Gasteiger partial charge >= 0.3 is 23.9 Å². The molecule has 4 N–H and O–H groups in total. The van der Waals surface area contributed by atoms with Gasteiger partial charge < -0.3 is 83.0 Å². The molecule has 28 nitrogen and oxygen atoms in total. The maximum atomic E-state index is 13.6. The highest BCUT2D eigenvalue weighted by atomic mass is 35.5. The van der Waals surface area contributed by atoms with E-state index in [1.54, 1.807) is 130 Å². The predicted octanol–water partition coefficient (Wildman–Crippen LogP) is 14.6. The number of aromatic nitrogens is 6. The number of esters is 4. The lowest BCUT2D eigenvalue weighted by atomic mass is 10.1. The Bertz CT molecular complexity index is 5020. The van der Waals surface area contributed by atoms with Gasteiger partial charge in [-0.1, -0.05) is 42.5 Å². The lowest BCUT2D eigenvalue weighted by Crippen LogP contribution is -2.39. The number of methoxy groups -OCH3 is 2. The highest BCUT2D eigenvalue weighted by Crippen LogP contribution is 2.40. The maximum Gasteiger partial charge on any atom is 0.349 e. The molecule has 6 atom stereocenters. The van der Waals surface area contributed by atoms with Gasteiger partial charge in [0.25, 0.3) is 0 Å². The SMILES string of the molecule is CC1(C)OC(=O)c2c(O)cccc2O1.CC1(C)OC(=O)c2c(OCc3cccnc3N3CC[C@H](F)C3)cccc2O1.COC(=O)c1cccnc1F.COC(=O)c1cccnc1N1CC[C@H](F)C1.Cl.F[C@H]1CCN(c2ncccc2CCl)C1.F[C@H]1CCNC1.O=Cc1c(O)cccc1OCc1cccnc1N1CC[C@H](F)C1.OCc1cccnc1N1CC[C@H](F)C1. The Labute approximate surface area is 735 Å². The molecular weight excluding hydrogens is 1700 g/mol. The molecule has 17 rings (SSSR count). The number of hydrogen-bond acceptors (Lipinski definition) is 28. The molecule has 676 valence electrons. The average Bonchev–Trinajstić information content (AvgIpc) is 1.20. The normalized spacial score (nSPS) is 19.3. The van der Waals surface area contributed by atoms with Crippen molar-refractivity contribution in [3.8, 4) is 34.5 Å². The summed E-state index contributed by atoms with van der Waals surface area (Å²) in [7, 11) is 2.51. The van der Waals surface area contributed by atoms with Gasteiger partial charge in [-0.25, -0.2) is 75.4 Å². The molecule has 37 heteroatoms. The van der Waals surface area contributed by atoms with Gasteiger partial charge in [-0.3, -0.25) is 4.79 Å². The Hall–Kier alpha value is -12.1. The number of aliphatic hydroxyl groups is 1. The van der Waals surface area contributed by atoms with Crippen LogP contribution in [0.1, 0.15) is 140 Å². The number of phenols is 2. The van der Waals surface area contributed by atoms with Gasteiger partial charge in [0.1, 0.15) is 136 Å². The lowest BCUT2D eigenvalue weighted by molar-refractivity contribution is -0.128. The van der Waals surface area contributed by atoms with Crippen molar-refractivity contribution < 1.29 is 108 Å². The summed E-state index contributed by atoms with van der Waals surface area (Å²) in [5.41, 5.74) is 4.09. The number of rotatable bonds is 16. The molecule has 9 aromatic rings. The molecule has 8 aliphatic rings. The smallest absolute Gasteiger partial charge is 0.349 e. The van der Waals surface area contributed by atoms with E-state index in [4.69, 9.17) is 45.1 Å². The van der Waals surface area contributed by atoms with Crippen LogP contribution in [0.5, 0.6) is 34.5 Å². The number of carbonyl (C=O) groups is 5. The first kappa shape index (κ1) is 97.7. The van der Waals surface area contributed by atoms with Crippen LogP contribution in [-0.4, -0.2) is 217 Å². The number of aliphatic hydroxyl groups excluding tert-OH is 1. The third-order valence-corrected chi connectivity index (χ3v) is 20.3. The van der Waals surface area contributed by atoms with Gasteiger partial charge in [-0.15, -0.1) is 24.0 Å². The number of halogens is 9. The number of phenolic OH excluding ortho intramolecular Hbond substituents is 2. The van der Waals surface area contributed by atoms with Crippen molar-refractivity contribution in [1.82, 2.24) is 35.2 Å². The van der Waals surface area contributed by atoms with Crippen molar-refractivity contribution in [1.29, 1.82) is 0 Å². The summed E-state index contributed by atoms with van der Waals surface area (Å²) < 4.78 is 132. The third-order valence-electron chi connectivity index (χ3n) is 20.0. The molecule has 6 saturated heterocycles. The molecule has 0 radical (unpaired) electrons. The largest absolute Gasteiger partial charge is 0.507 e. The topological polar surface area (TPSA) is 325 Å². The monoisotopic (exact) mass is 1800 g/mol. The molecule has 8 aliphatic heterocycles.